The first-order valence-electron chi connectivity index (χ1n) is 13.6. The molecule has 4 unspecified atom stereocenters. The zero-order valence-electron chi connectivity index (χ0n) is 20.7. The summed E-state index contributed by atoms with van der Waals surface area (Å²) in [4.78, 5) is 56.7. The number of rotatable bonds is 2. The van der Waals surface area contributed by atoms with Crippen molar-refractivity contribution in [3.05, 3.63) is 95.1 Å². The van der Waals surface area contributed by atoms with Gasteiger partial charge in [0.1, 0.15) is 0 Å². The Hall–Kier alpha value is -4.06. The number of nitrogens with zero attached hydrogens (tertiary/aromatic N) is 2. The predicted octanol–water partition coefficient (Wildman–Crippen LogP) is 4.76. The van der Waals surface area contributed by atoms with Crippen LogP contribution in [0.15, 0.2) is 72.8 Å². The molecule has 38 heavy (non-hydrogen) atoms. The van der Waals surface area contributed by atoms with E-state index in [-0.39, 0.29) is 47.3 Å². The van der Waals surface area contributed by atoms with Crippen LogP contribution in [0.25, 0.3) is 0 Å². The molecule has 2 bridgehead atoms. The highest BCUT2D eigenvalue weighted by Gasteiger charge is 2.61. The van der Waals surface area contributed by atoms with Crippen LogP contribution in [0.1, 0.15) is 59.8 Å². The average Bonchev–Trinajstić information content (AvgIpc) is 3.38. The molecule has 3 fully saturated rings. The van der Waals surface area contributed by atoms with E-state index in [1.165, 1.54) is 9.80 Å². The first-order valence-corrected chi connectivity index (χ1v) is 13.6. The number of hydrogen-bond donors (Lipinski definition) is 0. The van der Waals surface area contributed by atoms with Crippen molar-refractivity contribution in [3.8, 4) is 0 Å². The van der Waals surface area contributed by atoms with E-state index >= 15 is 0 Å². The van der Waals surface area contributed by atoms with Gasteiger partial charge >= 0.3 is 0 Å². The number of fused-ring (bicyclic) bond motifs is 1. The number of carbonyl (C=O) groups is 4. The van der Waals surface area contributed by atoms with E-state index in [2.05, 4.69) is 24.3 Å². The summed E-state index contributed by atoms with van der Waals surface area (Å²) in [7, 11) is 0. The molecule has 2 heterocycles. The van der Waals surface area contributed by atoms with Crippen molar-refractivity contribution in [1.29, 1.82) is 0 Å². The Bertz CT molecular complexity index is 1420. The van der Waals surface area contributed by atoms with Gasteiger partial charge in [-0.3, -0.25) is 24.1 Å². The summed E-state index contributed by atoms with van der Waals surface area (Å²) in [6.07, 6.45) is 3.47. The number of hydrogen-bond acceptors (Lipinski definition) is 4. The monoisotopic (exact) mass is 502 g/mol. The number of benzene rings is 3. The van der Waals surface area contributed by atoms with Gasteiger partial charge in [-0.1, -0.05) is 61.4 Å². The Balaban J connectivity index is 1.16. The smallest absolute Gasteiger partial charge is 0.238 e. The van der Waals surface area contributed by atoms with Gasteiger partial charge in [-0.25, -0.2) is 4.90 Å². The van der Waals surface area contributed by atoms with Crippen molar-refractivity contribution in [2.75, 3.05) is 9.80 Å². The first kappa shape index (κ1) is 22.0. The molecule has 0 aromatic heterocycles. The van der Waals surface area contributed by atoms with Gasteiger partial charge in [0.25, 0.3) is 0 Å². The van der Waals surface area contributed by atoms with Gasteiger partial charge in [0.15, 0.2) is 0 Å². The van der Waals surface area contributed by atoms with E-state index in [1.807, 2.05) is 24.3 Å². The van der Waals surface area contributed by atoms with Crippen LogP contribution in [0, 0.1) is 23.7 Å². The number of imide groups is 2. The van der Waals surface area contributed by atoms with E-state index in [0.717, 1.165) is 47.9 Å². The van der Waals surface area contributed by atoms with Gasteiger partial charge in [-0.2, -0.15) is 0 Å². The minimum Gasteiger partial charge on any atom is -0.274 e. The van der Waals surface area contributed by atoms with E-state index in [9.17, 15) is 19.2 Å². The molecular weight excluding hydrogens is 476 g/mol. The number of carbonyl (C=O) groups excluding carboxylic acids is 4. The summed E-state index contributed by atoms with van der Waals surface area (Å²) in [5.74, 6) is -2.24. The zero-order valence-corrected chi connectivity index (χ0v) is 20.7. The van der Waals surface area contributed by atoms with Crippen molar-refractivity contribution in [2.24, 2.45) is 23.7 Å². The van der Waals surface area contributed by atoms with E-state index < -0.39 is 11.8 Å². The molecule has 3 aromatic carbocycles. The Labute approximate surface area is 220 Å². The molecule has 0 N–H and O–H groups in total. The van der Waals surface area contributed by atoms with Crippen molar-refractivity contribution < 1.29 is 19.2 Å². The highest BCUT2D eigenvalue weighted by Crippen LogP contribution is 2.61. The standard InChI is InChI=1S/C32H26N2O4/c35-29-23-11-5-6-12-24(23)30(36)33(29)17-13-15-18(16-14-17)34-31(37)27-25-19-7-1-2-8-20(19)26(28(27)32(34)38)22-10-4-3-9-21(22)25/h1-4,7-10,13-16,23-28H,5-6,11-12H2. The van der Waals surface area contributed by atoms with Gasteiger partial charge in [-0.05, 0) is 59.4 Å². The minimum atomic E-state index is -0.443. The summed E-state index contributed by atoms with van der Waals surface area (Å²) < 4.78 is 0. The molecule has 6 nitrogen and oxygen atoms in total. The van der Waals surface area contributed by atoms with Crippen LogP contribution in [0.4, 0.5) is 11.4 Å². The van der Waals surface area contributed by atoms with Crippen LogP contribution in [0.5, 0.6) is 0 Å². The van der Waals surface area contributed by atoms with E-state index in [4.69, 9.17) is 0 Å². The van der Waals surface area contributed by atoms with Crippen molar-refractivity contribution in [3.63, 3.8) is 0 Å². The van der Waals surface area contributed by atoms with Gasteiger partial charge in [0.2, 0.25) is 23.6 Å². The molecule has 3 aromatic rings. The fraction of sp³-hybridized carbons (Fsp3) is 0.312. The van der Waals surface area contributed by atoms with Gasteiger partial charge in [0, 0.05) is 11.8 Å². The van der Waals surface area contributed by atoms with E-state index in [0.29, 0.717) is 11.4 Å². The summed E-state index contributed by atoms with van der Waals surface area (Å²) in [5.41, 5.74) is 5.56. The van der Waals surface area contributed by atoms with E-state index in [1.54, 1.807) is 24.3 Å². The lowest BCUT2D eigenvalue weighted by Crippen LogP contribution is -2.41. The quantitative estimate of drug-likeness (QED) is 0.474. The highest BCUT2D eigenvalue weighted by atomic mass is 16.2. The lowest BCUT2D eigenvalue weighted by molar-refractivity contribution is -0.124. The predicted molar refractivity (Wildman–Crippen MR) is 140 cm³/mol. The maximum absolute atomic E-state index is 14.0. The molecule has 1 saturated carbocycles. The van der Waals surface area contributed by atoms with Crippen LogP contribution >= 0.6 is 0 Å². The average molecular weight is 503 g/mol. The normalized spacial score (nSPS) is 30.8. The Morgan fingerprint density at radius 2 is 0.816 bits per heavy atom. The molecule has 9 rings (SSSR count). The SMILES string of the molecule is O=C1C2CCCCC2C(=O)N1c1ccc(N2C(=O)C3C4c5ccccc5C(c5ccccc54)C3C2=O)cc1. The summed E-state index contributed by atoms with van der Waals surface area (Å²) in [5, 5.41) is 0. The molecule has 188 valence electrons. The highest BCUT2D eigenvalue weighted by molar-refractivity contribution is 6.24. The third-order valence-corrected chi connectivity index (χ3v) is 9.66. The Morgan fingerprint density at radius 1 is 0.474 bits per heavy atom. The van der Waals surface area contributed by atoms with Crippen LogP contribution in [0.3, 0.4) is 0 Å². The molecule has 0 spiro atoms. The second-order valence-corrected chi connectivity index (χ2v) is 11.3. The third-order valence-electron chi connectivity index (χ3n) is 9.66. The molecular formula is C32H26N2O4. The van der Waals surface area contributed by atoms with Gasteiger partial charge in [0.05, 0.1) is 35.0 Å². The molecule has 6 aliphatic rings. The van der Waals surface area contributed by atoms with Crippen molar-refractivity contribution in [1.82, 2.24) is 0 Å². The fourth-order valence-electron chi connectivity index (χ4n) is 8.10. The van der Waals surface area contributed by atoms with Crippen molar-refractivity contribution in [2.45, 2.75) is 37.5 Å². The number of anilines is 2. The molecule has 6 heteroatoms. The first-order chi connectivity index (χ1) is 18.6. The van der Waals surface area contributed by atoms with Gasteiger partial charge < -0.3 is 0 Å². The van der Waals surface area contributed by atoms with Crippen LogP contribution in [0.2, 0.25) is 0 Å². The van der Waals surface area contributed by atoms with Crippen molar-refractivity contribution >= 4 is 35.0 Å². The van der Waals surface area contributed by atoms with Crippen LogP contribution < -0.4 is 9.80 Å². The molecule has 2 saturated heterocycles. The Kier molecular flexibility index (Phi) is 4.47. The minimum absolute atomic E-state index is 0.126. The number of amides is 4. The second kappa shape index (κ2) is 7.73. The third kappa shape index (κ3) is 2.67. The molecule has 4 amide bonds. The fourth-order valence-corrected chi connectivity index (χ4v) is 8.10. The largest absolute Gasteiger partial charge is 0.274 e. The molecule has 0 radical (unpaired) electrons. The summed E-state index contributed by atoms with van der Waals surface area (Å²) >= 11 is 0. The molecule has 4 aliphatic carbocycles. The summed E-state index contributed by atoms with van der Waals surface area (Å²) in [6.45, 7) is 0. The maximum atomic E-state index is 14.0. The van der Waals surface area contributed by atoms with Crippen LogP contribution in [-0.4, -0.2) is 23.6 Å². The lowest BCUT2D eigenvalue weighted by atomic mass is 9.55. The van der Waals surface area contributed by atoms with Crippen LogP contribution in [-0.2, 0) is 19.2 Å². The maximum Gasteiger partial charge on any atom is 0.238 e. The molecule has 2 aliphatic heterocycles. The second-order valence-electron chi connectivity index (χ2n) is 11.3. The zero-order chi connectivity index (χ0) is 25.7. The van der Waals surface area contributed by atoms with Gasteiger partial charge in [-0.15, -0.1) is 0 Å². The summed E-state index contributed by atoms with van der Waals surface area (Å²) in [6, 6.07) is 23.2. The molecule has 4 atom stereocenters. The Morgan fingerprint density at radius 3 is 1.18 bits per heavy atom. The lowest BCUT2D eigenvalue weighted by Gasteiger charge is -2.45. The topological polar surface area (TPSA) is 74.8 Å².